The molecule has 1 aromatic carbocycles. The van der Waals surface area contributed by atoms with Crippen LogP contribution in [0, 0.1) is 0 Å². The van der Waals surface area contributed by atoms with Crippen molar-refractivity contribution >= 4 is 11.4 Å². The summed E-state index contributed by atoms with van der Waals surface area (Å²) < 4.78 is 0. The molecule has 78 valence electrons. The van der Waals surface area contributed by atoms with E-state index in [-0.39, 0.29) is 5.78 Å². The molecule has 0 N–H and O–H groups in total. The lowest BCUT2D eigenvalue weighted by Crippen LogP contribution is -2.24. The lowest BCUT2D eigenvalue weighted by Gasteiger charge is -2.10. The van der Waals surface area contributed by atoms with E-state index in [1.165, 1.54) is 0 Å². The first-order chi connectivity index (χ1) is 7.81. The van der Waals surface area contributed by atoms with Crippen LogP contribution in [0.2, 0.25) is 0 Å². The Hall–Kier alpha value is -1.96. The third-order valence-electron chi connectivity index (χ3n) is 3.01. The van der Waals surface area contributed by atoms with Gasteiger partial charge in [-0.3, -0.25) is 4.79 Å². The van der Waals surface area contributed by atoms with Crippen molar-refractivity contribution in [2.24, 2.45) is 4.99 Å². The number of hydrogen-bond acceptors (Lipinski definition) is 2. The predicted octanol–water partition coefficient (Wildman–Crippen LogP) is 1.27. The van der Waals surface area contributed by atoms with E-state index in [4.69, 9.17) is 0 Å². The fourth-order valence-corrected chi connectivity index (χ4v) is 2.19. The fraction of sp³-hybridized carbons (Fsp3) is 0.143. The van der Waals surface area contributed by atoms with Gasteiger partial charge in [0.2, 0.25) is 0 Å². The third-order valence-corrected chi connectivity index (χ3v) is 3.01. The summed E-state index contributed by atoms with van der Waals surface area (Å²) in [7, 11) is 0. The highest BCUT2D eigenvalue weighted by Crippen LogP contribution is 2.26. The normalized spacial score (nSPS) is 17.3. The first kappa shape index (κ1) is 9.28. The Morgan fingerprint density at radius 1 is 1.19 bits per heavy atom. The zero-order valence-electron chi connectivity index (χ0n) is 9.03. The lowest BCUT2D eigenvalue weighted by molar-refractivity contribution is -0.109. The molecule has 0 atom stereocenters. The summed E-state index contributed by atoms with van der Waals surface area (Å²) in [5.74, 6) is 0.0703. The maximum Gasteiger partial charge on any atom is 0.188 e. The Kier molecular flexibility index (Phi) is 1.90. The lowest BCUT2D eigenvalue weighted by atomic mass is 9.95. The van der Waals surface area contributed by atoms with Gasteiger partial charge in [0.1, 0.15) is 0 Å². The molecule has 0 saturated heterocycles. The molecule has 3 rings (SSSR count). The number of allylic oxidation sites excluding steroid dienone is 4. The topological polar surface area (TPSA) is 29.4 Å². The van der Waals surface area contributed by atoms with E-state index in [9.17, 15) is 4.79 Å². The maximum absolute atomic E-state index is 11.9. The van der Waals surface area contributed by atoms with E-state index >= 15 is 0 Å². The minimum absolute atomic E-state index is 0.0703. The monoisotopic (exact) mass is 209 g/mol. The van der Waals surface area contributed by atoms with Crippen molar-refractivity contribution in [1.82, 2.24) is 0 Å². The van der Waals surface area contributed by atoms with Crippen molar-refractivity contribution in [3.05, 3.63) is 58.3 Å². The van der Waals surface area contributed by atoms with Gasteiger partial charge in [0, 0.05) is 5.22 Å². The van der Waals surface area contributed by atoms with Crippen LogP contribution >= 0.6 is 0 Å². The summed E-state index contributed by atoms with van der Waals surface area (Å²) in [6.07, 6.45) is 4.44. The number of ketones is 1. The Balaban J connectivity index is 2.45. The van der Waals surface area contributed by atoms with Crippen molar-refractivity contribution in [2.75, 3.05) is 0 Å². The highest BCUT2D eigenvalue weighted by Gasteiger charge is 2.23. The summed E-state index contributed by atoms with van der Waals surface area (Å²) in [6.45, 7) is 2.08. The zero-order valence-corrected chi connectivity index (χ0v) is 9.03. The van der Waals surface area contributed by atoms with Crippen molar-refractivity contribution in [1.29, 1.82) is 0 Å². The molecule has 2 aliphatic rings. The molecule has 0 bridgehead atoms. The van der Waals surface area contributed by atoms with E-state index in [1.807, 2.05) is 30.3 Å². The second kappa shape index (κ2) is 3.27. The van der Waals surface area contributed by atoms with E-state index in [0.29, 0.717) is 0 Å². The molecule has 2 nitrogen and oxygen atoms in total. The van der Waals surface area contributed by atoms with Gasteiger partial charge in [0.25, 0.3) is 0 Å². The van der Waals surface area contributed by atoms with Crippen LogP contribution in [0.5, 0.6) is 0 Å². The minimum atomic E-state index is 0.0703. The molecule has 0 spiro atoms. The summed E-state index contributed by atoms with van der Waals surface area (Å²) >= 11 is 0. The number of hydrogen-bond donors (Lipinski definition) is 0. The van der Waals surface area contributed by atoms with Gasteiger partial charge in [-0.25, -0.2) is 4.99 Å². The third kappa shape index (κ3) is 1.13. The molecular formula is C14H11NO. The minimum Gasteiger partial charge on any atom is -0.289 e. The molecule has 0 aromatic heterocycles. The van der Waals surface area contributed by atoms with E-state index in [2.05, 4.69) is 11.9 Å². The molecule has 1 aliphatic carbocycles. The Bertz CT molecular complexity index is 662. The molecule has 0 radical (unpaired) electrons. The van der Waals surface area contributed by atoms with Gasteiger partial charge in [-0.05, 0) is 24.1 Å². The molecule has 16 heavy (non-hydrogen) atoms. The molecule has 1 heterocycles. The van der Waals surface area contributed by atoms with Crippen molar-refractivity contribution in [2.45, 2.75) is 13.3 Å². The molecule has 0 unspecified atom stereocenters. The Labute approximate surface area is 93.3 Å². The Morgan fingerprint density at radius 2 is 2.00 bits per heavy atom. The van der Waals surface area contributed by atoms with Crippen LogP contribution in [0.4, 0.5) is 0 Å². The second-order valence-corrected chi connectivity index (χ2v) is 3.93. The first-order valence-corrected chi connectivity index (χ1v) is 5.45. The number of benzene rings is 1. The average molecular weight is 209 g/mol. The number of nitrogens with zero attached hydrogens (tertiary/aromatic N) is 1. The number of fused-ring (bicyclic) bond motifs is 2. The number of para-hydroxylation sites is 1. The molecule has 0 amide bonds. The SMILES string of the molecule is CCC1=C2N=c3ccccc3=C2C(=O)C=C1. The average Bonchev–Trinajstić information content (AvgIpc) is 2.69. The highest BCUT2D eigenvalue weighted by molar-refractivity contribution is 6.27. The van der Waals surface area contributed by atoms with Crippen LogP contribution in [-0.4, -0.2) is 5.78 Å². The standard InChI is InChI=1S/C14H11NO/c1-2-9-7-8-12(16)13-10-5-3-4-6-11(10)15-14(9)13/h3-8H,2H2,1H3. The second-order valence-electron chi connectivity index (χ2n) is 3.93. The summed E-state index contributed by atoms with van der Waals surface area (Å²) in [5, 5.41) is 1.88. The maximum atomic E-state index is 11.9. The van der Waals surface area contributed by atoms with Crippen LogP contribution in [-0.2, 0) is 4.79 Å². The summed E-state index contributed by atoms with van der Waals surface area (Å²) in [5.41, 5.74) is 2.79. The fourth-order valence-electron chi connectivity index (χ4n) is 2.19. The van der Waals surface area contributed by atoms with Gasteiger partial charge in [-0.15, -0.1) is 0 Å². The summed E-state index contributed by atoms with van der Waals surface area (Å²) in [6, 6.07) is 7.81. The van der Waals surface area contributed by atoms with Crippen molar-refractivity contribution < 1.29 is 4.79 Å². The van der Waals surface area contributed by atoms with Gasteiger partial charge >= 0.3 is 0 Å². The van der Waals surface area contributed by atoms with E-state index in [1.54, 1.807) is 6.08 Å². The Morgan fingerprint density at radius 3 is 2.81 bits per heavy atom. The smallest absolute Gasteiger partial charge is 0.188 e. The number of rotatable bonds is 1. The van der Waals surface area contributed by atoms with E-state index < -0.39 is 0 Å². The first-order valence-electron chi connectivity index (χ1n) is 5.45. The molecular weight excluding hydrogens is 198 g/mol. The zero-order chi connectivity index (χ0) is 11.1. The molecule has 2 heteroatoms. The molecule has 0 fully saturated rings. The van der Waals surface area contributed by atoms with Crippen molar-refractivity contribution in [3.8, 4) is 0 Å². The van der Waals surface area contributed by atoms with Crippen LogP contribution in [0.1, 0.15) is 13.3 Å². The van der Waals surface area contributed by atoms with Gasteiger partial charge in [0.15, 0.2) is 5.78 Å². The highest BCUT2D eigenvalue weighted by atomic mass is 16.1. The molecule has 1 aliphatic heterocycles. The van der Waals surface area contributed by atoms with Crippen LogP contribution in [0.3, 0.4) is 0 Å². The van der Waals surface area contributed by atoms with Crippen LogP contribution in [0.15, 0.2) is 52.7 Å². The van der Waals surface area contributed by atoms with Crippen molar-refractivity contribution in [3.63, 3.8) is 0 Å². The van der Waals surface area contributed by atoms with Crippen LogP contribution in [0.25, 0.3) is 5.57 Å². The number of carbonyl (C=O) groups excluding carboxylic acids is 1. The van der Waals surface area contributed by atoms with Gasteiger partial charge in [0.05, 0.1) is 16.6 Å². The predicted molar refractivity (Wildman–Crippen MR) is 62.1 cm³/mol. The quantitative estimate of drug-likeness (QED) is 0.685. The van der Waals surface area contributed by atoms with Gasteiger partial charge < -0.3 is 0 Å². The summed E-state index contributed by atoms with van der Waals surface area (Å²) in [4.78, 5) is 16.4. The molecule has 1 aromatic rings. The van der Waals surface area contributed by atoms with E-state index in [0.717, 1.165) is 33.8 Å². The molecule has 0 saturated carbocycles. The van der Waals surface area contributed by atoms with Gasteiger partial charge in [-0.2, -0.15) is 0 Å². The van der Waals surface area contributed by atoms with Crippen LogP contribution < -0.4 is 10.6 Å². The largest absolute Gasteiger partial charge is 0.289 e. The number of carbonyl (C=O) groups is 1. The van der Waals surface area contributed by atoms with Gasteiger partial charge in [-0.1, -0.05) is 31.2 Å².